The van der Waals surface area contributed by atoms with Crippen molar-refractivity contribution >= 4 is 51.2 Å². The van der Waals surface area contributed by atoms with E-state index in [4.69, 9.17) is 0 Å². The zero-order valence-corrected chi connectivity index (χ0v) is 14.7. The molecule has 0 bridgehead atoms. The first-order valence-corrected chi connectivity index (χ1v) is 9.16. The summed E-state index contributed by atoms with van der Waals surface area (Å²) in [5.74, 6) is 1.10. The summed E-state index contributed by atoms with van der Waals surface area (Å²) in [7, 11) is 0. The molecule has 0 radical (unpaired) electrons. The molecule has 0 unspecified atom stereocenters. The van der Waals surface area contributed by atoms with Crippen LogP contribution in [0.1, 0.15) is 16.0 Å². The normalized spacial score (nSPS) is 11.0. The molecule has 0 aliphatic heterocycles. The lowest BCUT2D eigenvalue weighted by Gasteiger charge is -2.03. The van der Waals surface area contributed by atoms with Gasteiger partial charge in [-0.25, -0.2) is 5.43 Å². The first-order valence-electron chi connectivity index (χ1n) is 6.34. The van der Waals surface area contributed by atoms with Crippen LogP contribution in [0, 0.1) is 6.92 Å². The van der Waals surface area contributed by atoms with E-state index in [1.54, 1.807) is 29.3 Å². The minimum atomic E-state index is -0.0856. The van der Waals surface area contributed by atoms with Gasteiger partial charge in [-0.3, -0.25) is 4.79 Å². The monoisotopic (exact) mass is 382 g/mol. The van der Waals surface area contributed by atoms with E-state index >= 15 is 0 Å². The number of hydrazone groups is 1. The minimum Gasteiger partial charge on any atom is -0.272 e. The number of benzene rings is 1. The maximum atomic E-state index is 11.7. The largest absolute Gasteiger partial charge is 0.272 e. The molecule has 1 aromatic carbocycles. The van der Waals surface area contributed by atoms with Crippen LogP contribution in [0.3, 0.4) is 0 Å². The number of rotatable bonds is 6. The topological polar surface area (TPSA) is 41.5 Å². The summed E-state index contributed by atoms with van der Waals surface area (Å²) < 4.78 is 1.07. The molecule has 110 valence electrons. The SMILES string of the molecule is Cc1ccsc1/C=N\NC(=O)CSCc1ccccc1Br. The van der Waals surface area contributed by atoms with Gasteiger partial charge in [-0.2, -0.15) is 5.10 Å². The Kier molecular flexibility index (Phi) is 6.48. The van der Waals surface area contributed by atoms with Crippen LogP contribution in [0.2, 0.25) is 0 Å². The van der Waals surface area contributed by atoms with Gasteiger partial charge < -0.3 is 0 Å². The van der Waals surface area contributed by atoms with Crippen molar-refractivity contribution in [2.24, 2.45) is 5.10 Å². The maximum absolute atomic E-state index is 11.7. The number of carbonyl (C=O) groups is 1. The summed E-state index contributed by atoms with van der Waals surface area (Å²) >= 11 is 6.67. The number of hydrogen-bond donors (Lipinski definition) is 1. The molecule has 6 heteroatoms. The van der Waals surface area contributed by atoms with Crippen molar-refractivity contribution in [3.8, 4) is 0 Å². The predicted octanol–water partition coefficient (Wildman–Crippen LogP) is 4.20. The van der Waals surface area contributed by atoms with Crippen LogP contribution in [0.15, 0.2) is 45.3 Å². The van der Waals surface area contributed by atoms with Crippen molar-refractivity contribution < 1.29 is 4.79 Å². The number of nitrogens with one attached hydrogen (secondary N) is 1. The van der Waals surface area contributed by atoms with E-state index in [2.05, 4.69) is 26.5 Å². The van der Waals surface area contributed by atoms with Crippen LogP contribution >= 0.6 is 39.0 Å². The maximum Gasteiger partial charge on any atom is 0.250 e. The van der Waals surface area contributed by atoms with Gasteiger partial charge in [0.25, 0.3) is 0 Å². The Bertz CT molecular complexity index is 640. The minimum absolute atomic E-state index is 0.0856. The molecular formula is C15H15BrN2OS2. The van der Waals surface area contributed by atoms with Crippen LogP contribution in [-0.4, -0.2) is 17.9 Å². The molecule has 1 aromatic heterocycles. The van der Waals surface area contributed by atoms with E-state index in [-0.39, 0.29) is 5.91 Å². The first kappa shape index (κ1) is 16.3. The average Bonchev–Trinajstić information content (AvgIpc) is 2.87. The van der Waals surface area contributed by atoms with Gasteiger partial charge in [-0.05, 0) is 35.6 Å². The van der Waals surface area contributed by atoms with Crippen LogP contribution in [0.4, 0.5) is 0 Å². The number of thiophene rings is 1. The molecule has 2 aromatic rings. The summed E-state index contributed by atoms with van der Waals surface area (Å²) in [5, 5.41) is 5.99. The van der Waals surface area contributed by atoms with Gasteiger partial charge in [0, 0.05) is 15.1 Å². The Morgan fingerprint density at radius 1 is 1.43 bits per heavy atom. The number of hydrogen-bond acceptors (Lipinski definition) is 4. The highest BCUT2D eigenvalue weighted by molar-refractivity contribution is 9.10. The van der Waals surface area contributed by atoms with Gasteiger partial charge in [0.2, 0.25) is 5.91 Å². The van der Waals surface area contributed by atoms with E-state index in [1.807, 2.05) is 42.6 Å². The van der Waals surface area contributed by atoms with Crippen LogP contribution < -0.4 is 5.43 Å². The number of nitrogens with zero attached hydrogens (tertiary/aromatic N) is 1. The van der Waals surface area contributed by atoms with Crippen molar-refractivity contribution in [1.29, 1.82) is 0 Å². The zero-order valence-electron chi connectivity index (χ0n) is 11.5. The summed E-state index contributed by atoms with van der Waals surface area (Å²) in [6.07, 6.45) is 1.69. The Morgan fingerprint density at radius 2 is 2.24 bits per heavy atom. The number of aryl methyl sites for hydroxylation is 1. The van der Waals surface area contributed by atoms with Crippen molar-refractivity contribution in [2.45, 2.75) is 12.7 Å². The fourth-order valence-corrected chi connectivity index (χ4v) is 3.80. The molecule has 0 aliphatic rings. The summed E-state index contributed by atoms with van der Waals surface area (Å²) in [6, 6.07) is 10.1. The van der Waals surface area contributed by atoms with Gasteiger partial charge in [0.15, 0.2) is 0 Å². The van der Waals surface area contributed by atoms with Gasteiger partial charge in [-0.1, -0.05) is 34.1 Å². The third-order valence-corrected chi connectivity index (χ3v) is 5.43. The lowest BCUT2D eigenvalue weighted by molar-refractivity contribution is -0.118. The molecule has 0 spiro atoms. The Hall–Kier alpha value is -1.11. The van der Waals surface area contributed by atoms with Crippen molar-refractivity contribution in [2.75, 3.05) is 5.75 Å². The van der Waals surface area contributed by atoms with E-state index in [0.717, 1.165) is 15.1 Å². The number of amides is 1. The zero-order chi connectivity index (χ0) is 15.1. The van der Waals surface area contributed by atoms with Crippen LogP contribution in [-0.2, 0) is 10.5 Å². The second-order valence-electron chi connectivity index (χ2n) is 4.35. The number of carbonyl (C=O) groups excluding carboxylic acids is 1. The highest BCUT2D eigenvalue weighted by atomic mass is 79.9. The third-order valence-electron chi connectivity index (χ3n) is 2.72. The Morgan fingerprint density at radius 3 is 2.95 bits per heavy atom. The van der Waals surface area contributed by atoms with E-state index in [9.17, 15) is 4.79 Å². The Labute approximate surface area is 141 Å². The number of thioether (sulfide) groups is 1. The fourth-order valence-electron chi connectivity index (χ4n) is 1.58. The van der Waals surface area contributed by atoms with Gasteiger partial charge in [0.05, 0.1) is 12.0 Å². The lowest BCUT2D eigenvalue weighted by atomic mass is 10.2. The van der Waals surface area contributed by atoms with Gasteiger partial charge in [0.1, 0.15) is 0 Å². The highest BCUT2D eigenvalue weighted by Crippen LogP contribution is 2.21. The molecular weight excluding hydrogens is 368 g/mol. The number of halogens is 1. The standard InChI is InChI=1S/C15H15BrN2OS2/c1-11-6-7-21-14(11)8-17-18-15(19)10-20-9-12-4-2-3-5-13(12)16/h2-8H,9-10H2,1H3,(H,18,19)/b17-8-. The molecule has 3 nitrogen and oxygen atoms in total. The summed E-state index contributed by atoms with van der Waals surface area (Å²) in [5.41, 5.74) is 4.91. The van der Waals surface area contributed by atoms with Crippen molar-refractivity contribution in [1.82, 2.24) is 5.43 Å². The predicted molar refractivity (Wildman–Crippen MR) is 95.1 cm³/mol. The van der Waals surface area contributed by atoms with Crippen molar-refractivity contribution in [3.05, 3.63) is 56.2 Å². The molecule has 0 aliphatic carbocycles. The second kappa shape index (κ2) is 8.36. The van der Waals surface area contributed by atoms with E-state index in [0.29, 0.717) is 5.75 Å². The van der Waals surface area contributed by atoms with Crippen LogP contribution in [0.5, 0.6) is 0 Å². The smallest absolute Gasteiger partial charge is 0.250 e. The molecule has 0 saturated carbocycles. The molecule has 0 atom stereocenters. The molecule has 0 fully saturated rings. The highest BCUT2D eigenvalue weighted by Gasteiger charge is 2.03. The quantitative estimate of drug-likeness (QED) is 0.600. The summed E-state index contributed by atoms with van der Waals surface area (Å²) in [4.78, 5) is 12.7. The molecule has 1 heterocycles. The molecule has 21 heavy (non-hydrogen) atoms. The fraction of sp³-hybridized carbons (Fsp3) is 0.200. The van der Waals surface area contributed by atoms with Crippen LogP contribution in [0.25, 0.3) is 0 Å². The molecule has 0 saturated heterocycles. The Balaban J connectivity index is 1.72. The van der Waals surface area contributed by atoms with Gasteiger partial charge >= 0.3 is 0 Å². The average molecular weight is 383 g/mol. The first-order chi connectivity index (χ1) is 10.2. The third kappa shape index (κ3) is 5.30. The summed E-state index contributed by atoms with van der Waals surface area (Å²) in [6.45, 7) is 2.02. The molecule has 2 rings (SSSR count). The van der Waals surface area contributed by atoms with E-state index < -0.39 is 0 Å². The molecule has 1 amide bonds. The second-order valence-corrected chi connectivity index (χ2v) is 7.13. The van der Waals surface area contributed by atoms with Gasteiger partial charge in [-0.15, -0.1) is 23.1 Å². The lowest BCUT2D eigenvalue weighted by Crippen LogP contribution is -2.19. The van der Waals surface area contributed by atoms with Crippen molar-refractivity contribution in [3.63, 3.8) is 0 Å². The van der Waals surface area contributed by atoms with E-state index in [1.165, 1.54) is 11.1 Å². The molecule has 1 N–H and O–H groups in total.